The molecule has 0 saturated heterocycles. The first-order valence-electron chi connectivity index (χ1n) is 6.61. The fourth-order valence-electron chi connectivity index (χ4n) is 2.28. The van der Waals surface area contributed by atoms with Crippen LogP contribution in [0.15, 0.2) is 55.1 Å². The van der Waals surface area contributed by atoms with Gasteiger partial charge in [0.05, 0.1) is 30.5 Å². The minimum Gasteiger partial charge on any atom is -0.384 e. The van der Waals surface area contributed by atoms with Crippen molar-refractivity contribution in [1.29, 1.82) is 0 Å². The van der Waals surface area contributed by atoms with Gasteiger partial charge in [-0.3, -0.25) is 4.57 Å². The molecule has 0 aliphatic carbocycles. The maximum atomic E-state index is 5.64. The van der Waals surface area contributed by atoms with E-state index in [1.165, 1.54) is 0 Å². The summed E-state index contributed by atoms with van der Waals surface area (Å²) < 4.78 is 7.29. The normalized spacial score (nSPS) is 10.7. The smallest absolute Gasteiger partial charge is 0.123 e. The quantitative estimate of drug-likeness (QED) is 0.798. The summed E-state index contributed by atoms with van der Waals surface area (Å²) in [5.74, 6) is 0.504. The summed E-state index contributed by atoms with van der Waals surface area (Å²) >= 11 is 0. The number of nitrogens with two attached hydrogens (primary N) is 1. The fraction of sp³-hybridized carbons (Fsp3) is 0.125. The molecule has 21 heavy (non-hydrogen) atoms. The van der Waals surface area contributed by atoms with E-state index in [-0.39, 0.29) is 0 Å². The lowest BCUT2D eigenvalue weighted by molar-refractivity contribution is 0.185. The van der Waals surface area contributed by atoms with Crippen LogP contribution in [-0.4, -0.2) is 21.6 Å². The number of nitrogen functional groups attached to an aromatic ring is 1. The zero-order chi connectivity index (χ0) is 14.7. The van der Waals surface area contributed by atoms with Crippen molar-refractivity contribution in [3.05, 3.63) is 60.7 Å². The van der Waals surface area contributed by atoms with Crippen LogP contribution in [0.1, 0.15) is 5.56 Å². The van der Waals surface area contributed by atoms with Gasteiger partial charge in [-0.15, -0.1) is 0 Å². The number of aromatic nitrogens is 3. The van der Waals surface area contributed by atoms with Crippen LogP contribution in [0.2, 0.25) is 0 Å². The first-order valence-corrected chi connectivity index (χ1v) is 6.61. The molecule has 0 bridgehead atoms. The minimum atomic E-state index is 0.504. The molecule has 2 N–H and O–H groups in total. The number of ether oxygens (including phenoxy) is 1. The third-order valence-corrected chi connectivity index (χ3v) is 3.27. The summed E-state index contributed by atoms with van der Waals surface area (Å²) in [6.45, 7) is 0.549. The third kappa shape index (κ3) is 2.64. The summed E-state index contributed by atoms with van der Waals surface area (Å²) in [6, 6.07) is 11.8. The van der Waals surface area contributed by atoms with Crippen LogP contribution in [0.4, 0.5) is 5.82 Å². The number of imidazole rings is 1. The van der Waals surface area contributed by atoms with E-state index < -0.39 is 0 Å². The molecule has 0 spiro atoms. The molecule has 3 aromatic rings. The van der Waals surface area contributed by atoms with Gasteiger partial charge in [0.2, 0.25) is 0 Å². The van der Waals surface area contributed by atoms with E-state index in [1.807, 2.05) is 41.1 Å². The van der Waals surface area contributed by atoms with Crippen molar-refractivity contribution in [2.75, 3.05) is 12.8 Å². The SMILES string of the molecule is COCc1ccccc1-n1cncc1-c1ccc(N)nc1. The number of methoxy groups -OCH3 is 1. The highest BCUT2D eigenvalue weighted by atomic mass is 16.5. The number of benzene rings is 1. The topological polar surface area (TPSA) is 66.0 Å². The zero-order valence-corrected chi connectivity index (χ0v) is 11.7. The molecule has 0 radical (unpaired) electrons. The van der Waals surface area contributed by atoms with E-state index in [1.54, 1.807) is 25.7 Å². The Morgan fingerprint density at radius 1 is 1.14 bits per heavy atom. The van der Waals surface area contributed by atoms with Gasteiger partial charge in [0.1, 0.15) is 5.82 Å². The molecule has 0 amide bonds. The lowest BCUT2D eigenvalue weighted by atomic mass is 10.1. The minimum absolute atomic E-state index is 0.504. The maximum absolute atomic E-state index is 5.64. The third-order valence-electron chi connectivity index (χ3n) is 3.27. The second-order valence-electron chi connectivity index (χ2n) is 4.68. The summed E-state index contributed by atoms with van der Waals surface area (Å²) in [5.41, 5.74) is 9.72. The van der Waals surface area contributed by atoms with Crippen LogP contribution >= 0.6 is 0 Å². The highest BCUT2D eigenvalue weighted by molar-refractivity contribution is 5.62. The van der Waals surface area contributed by atoms with Crippen molar-refractivity contribution in [2.24, 2.45) is 0 Å². The van der Waals surface area contributed by atoms with Crippen LogP contribution in [0.5, 0.6) is 0 Å². The van der Waals surface area contributed by atoms with Crippen molar-refractivity contribution < 1.29 is 4.74 Å². The molecule has 0 aliphatic rings. The number of para-hydroxylation sites is 1. The number of rotatable bonds is 4. The van der Waals surface area contributed by atoms with Gasteiger partial charge in [0, 0.05) is 24.4 Å². The van der Waals surface area contributed by atoms with E-state index in [2.05, 4.69) is 9.97 Å². The largest absolute Gasteiger partial charge is 0.384 e. The van der Waals surface area contributed by atoms with E-state index in [4.69, 9.17) is 10.5 Å². The number of hydrogen-bond donors (Lipinski definition) is 1. The number of pyridine rings is 1. The first kappa shape index (κ1) is 13.3. The van der Waals surface area contributed by atoms with Crippen LogP contribution < -0.4 is 5.73 Å². The van der Waals surface area contributed by atoms with Gasteiger partial charge >= 0.3 is 0 Å². The molecule has 106 valence electrons. The van der Waals surface area contributed by atoms with E-state index >= 15 is 0 Å². The molecule has 0 saturated carbocycles. The summed E-state index contributed by atoms with van der Waals surface area (Å²) in [7, 11) is 1.69. The van der Waals surface area contributed by atoms with Crippen molar-refractivity contribution in [3.63, 3.8) is 0 Å². The molecule has 0 fully saturated rings. The average molecular weight is 280 g/mol. The monoisotopic (exact) mass is 280 g/mol. The highest BCUT2D eigenvalue weighted by Crippen LogP contribution is 2.24. The van der Waals surface area contributed by atoms with Crippen LogP contribution in [0.3, 0.4) is 0 Å². The Hall–Kier alpha value is -2.66. The highest BCUT2D eigenvalue weighted by Gasteiger charge is 2.10. The Balaban J connectivity index is 2.09. The average Bonchev–Trinajstić information content (AvgIpc) is 2.98. The van der Waals surface area contributed by atoms with Crippen molar-refractivity contribution in [1.82, 2.24) is 14.5 Å². The number of nitrogens with zero attached hydrogens (tertiary/aromatic N) is 3. The second-order valence-corrected chi connectivity index (χ2v) is 4.68. The van der Waals surface area contributed by atoms with Gasteiger partial charge in [0.15, 0.2) is 0 Å². The molecular weight excluding hydrogens is 264 g/mol. The Morgan fingerprint density at radius 2 is 2.00 bits per heavy atom. The van der Waals surface area contributed by atoms with Crippen molar-refractivity contribution in [2.45, 2.75) is 6.61 Å². The van der Waals surface area contributed by atoms with Gasteiger partial charge in [-0.2, -0.15) is 0 Å². The van der Waals surface area contributed by atoms with Crippen molar-refractivity contribution in [3.8, 4) is 16.9 Å². The maximum Gasteiger partial charge on any atom is 0.123 e. The van der Waals surface area contributed by atoms with Gasteiger partial charge in [-0.25, -0.2) is 9.97 Å². The summed E-state index contributed by atoms with van der Waals surface area (Å²) in [5, 5.41) is 0. The van der Waals surface area contributed by atoms with Gasteiger partial charge < -0.3 is 10.5 Å². The zero-order valence-electron chi connectivity index (χ0n) is 11.7. The molecule has 1 aromatic carbocycles. The summed E-state index contributed by atoms with van der Waals surface area (Å²) in [4.78, 5) is 8.40. The van der Waals surface area contributed by atoms with Gasteiger partial charge in [0.25, 0.3) is 0 Å². The summed E-state index contributed by atoms with van der Waals surface area (Å²) in [6.07, 6.45) is 5.36. The first-order chi connectivity index (χ1) is 10.3. The van der Waals surface area contributed by atoms with Crippen LogP contribution in [0.25, 0.3) is 16.9 Å². The van der Waals surface area contributed by atoms with Gasteiger partial charge in [-0.1, -0.05) is 18.2 Å². The Kier molecular flexibility index (Phi) is 3.66. The molecule has 0 unspecified atom stereocenters. The Morgan fingerprint density at radius 3 is 2.76 bits per heavy atom. The van der Waals surface area contributed by atoms with Crippen molar-refractivity contribution >= 4 is 5.82 Å². The number of anilines is 1. The fourth-order valence-corrected chi connectivity index (χ4v) is 2.28. The predicted molar refractivity (Wildman–Crippen MR) is 81.9 cm³/mol. The lowest BCUT2D eigenvalue weighted by Gasteiger charge is -2.12. The Labute approximate surface area is 123 Å². The molecule has 0 atom stereocenters. The number of hydrogen-bond acceptors (Lipinski definition) is 4. The van der Waals surface area contributed by atoms with E-state index in [0.717, 1.165) is 22.5 Å². The van der Waals surface area contributed by atoms with Gasteiger partial charge in [-0.05, 0) is 18.2 Å². The molecule has 3 rings (SSSR count). The second kappa shape index (κ2) is 5.76. The van der Waals surface area contributed by atoms with Crippen LogP contribution in [-0.2, 0) is 11.3 Å². The predicted octanol–water partition coefficient (Wildman–Crippen LogP) is 2.66. The lowest BCUT2D eigenvalue weighted by Crippen LogP contribution is -2.01. The standard InChI is InChI=1S/C16H16N4O/c1-21-10-13-4-2-3-5-14(13)20-11-18-9-15(20)12-6-7-16(17)19-8-12/h2-9,11H,10H2,1H3,(H2,17,19). The molecule has 5 heteroatoms. The molecule has 5 nitrogen and oxygen atoms in total. The van der Waals surface area contributed by atoms with E-state index in [0.29, 0.717) is 12.4 Å². The molecule has 2 heterocycles. The Bertz CT molecular complexity index is 734. The molecular formula is C16H16N4O. The molecule has 2 aromatic heterocycles. The molecule has 0 aliphatic heterocycles. The van der Waals surface area contributed by atoms with Crippen LogP contribution in [0, 0.1) is 0 Å². The van der Waals surface area contributed by atoms with E-state index in [9.17, 15) is 0 Å².